The Labute approximate surface area is 204 Å². The Morgan fingerprint density at radius 2 is 1.94 bits per heavy atom. The maximum Gasteiger partial charge on any atom is 0.420 e. The summed E-state index contributed by atoms with van der Waals surface area (Å²) in [5.74, 6) is 0.146. The Morgan fingerprint density at radius 1 is 1.21 bits per heavy atom. The lowest BCUT2D eigenvalue weighted by molar-refractivity contribution is -0.137. The van der Waals surface area contributed by atoms with Gasteiger partial charge in [0.15, 0.2) is 5.06 Å². The van der Waals surface area contributed by atoms with E-state index in [1.807, 2.05) is 6.26 Å². The van der Waals surface area contributed by atoms with Crippen molar-refractivity contribution in [2.24, 2.45) is 0 Å². The molecule has 1 aliphatic carbocycles. The molecule has 2 aliphatic rings. The lowest BCUT2D eigenvalue weighted by Crippen LogP contribution is -2.11. The van der Waals surface area contributed by atoms with Crippen molar-refractivity contribution in [1.29, 1.82) is 0 Å². The van der Waals surface area contributed by atoms with E-state index in [-0.39, 0.29) is 17.7 Å². The second kappa shape index (κ2) is 9.05. The third kappa shape index (κ3) is 4.76. The largest absolute Gasteiger partial charge is 0.480 e. The smallest absolute Gasteiger partial charge is 0.420 e. The van der Waals surface area contributed by atoms with Gasteiger partial charge >= 0.3 is 6.18 Å². The summed E-state index contributed by atoms with van der Waals surface area (Å²) >= 11 is 2.67. The van der Waals surface area contributed by atoms with Gasteiger partial charge in [-0.15, -0.1) is 11.8 Å². The van der Waals surface area contributed by atoms with Gasteiger partial charge in [0.25, 0.3) is 0 Å². The molecule has 3 aromatic rings. The first-order valence-electron chi connectivity index (χ1n) is 11.1. The Bertz CT molecular complexity index is 1220. The van der Waals surface area contributed by atoms with Gasteiger partial charge in [0.2, 0.25) is 5.95 Å². The van der Waals surface area contributed by atoms with Crippen LogP contribution < -0.4 is 10.1 Å². The average Bonchev–Trinajstić information content (AvgIpc) is 3.39. The normalized spacial score (nSPS) is 16.1. The van der Waals surface area contributed by atoms with E-state index in [0.29, 0.717) is 9.94 Å². The van der Waals surface area contributed by atoms with E-state index in [1.54, 1.807) is 6.07 Å². The summed E-state index contributed by atoms with van der Waals surface area (Å²) in [6, 6.07) is 5.96. The first-order valence-corrected chi connectivity index (χ1v) is 13.2. The summed E-state index contributed by atoms with van der Waals surface area (Å²) < 4.78 is 47.5. The molecule has 1 N–H and O–H groups in total. The number of fused-ring (bicyclic) bond motifs is 1. The van der Waals surface area contributed by atoms with Crippen LogP contribution in [0.2, 0.25) is 0 Å². The number of aromatic nitrogens is 2. The van der Waals surface area contributed by atoms with Crippen molar-refractivity contribution in [3.63, 3.8) is 0 Å². The minimum absolute atomic E-state index is 0.130. The quantitative estimate of drug-likeness (QED) is 0.358. The second-order valence-corrected chi connectivity index (χ2v) is 10.5. The fourth-order valence-electron chi connectivity index (χ4n) is 4.07. The molecule has 0 saturated heterocycles. The van der Waals surface area contributed by atoms with E-state index in [4.69, 9.17) is 4.74 Å². The highest BCUT2D eigenvalue weighted by Crippen LogP contribution is 2.46. The van der Waals surface area contributed by atoms with Gasteiger partial charge in [-0.2, -0.15) is 13.2 Å². The monoisotopic (exact) mass is 506 g/mol. The van der Waals surface area contributed by atoms with Crippen LogP contribution in [0.3, 0.4) is 0 Å². The van der Waals surface area contributed by atoms with Gasteiger partial charge in [-0.05, 0) is 61.4 Å². The number of nitrogens with zero attached hydrogens (tertiary/aromatic N) is 3. The third-order valence-corrected chi connectivity index (χ3v) is 7.85. The topological polar surface area (TPSA) is 50.3 Å². The minimum atomic E-state index is -4.57. The molecule has 0 spiro atoms. The van der Waals surface area contributed by atoms with Crippen molar-refractivity contribution < 1.29 is 17.9 Å². The molecule has 1 saturated carbocycles. The first-order chi connectivity index (χ1) is 16.2. The number of hydrogen-bond donors (Lipinski definition) is 1. The zero-order chi connectivity index (χ0) is 24.0. The number of anilines is 2. The zero-order valence-corrected chi connectivity index (χ0v) is 20.8. The van der Waals surface area contributed by atoms with Crippen molar-refractivity contribution in [3.8, 4) is 15.6 Å². The molecule has 5 rings (SSSR count). The lowest BCUT2D eigenvalue weighted by Gasteiger charge is -2.15. The van der Waals surface area contributed by atoms with Crippen LogP contribution in [-0.2, 0) is 25.7 Å². The van der Waals surface area contributed by atoms with Crippen LogP contribution in [0.1, 0.15) is 42.0 Å². The third-order valence-electron chi connectivity index (χ3n) is 5.94. The first kappa shape index (κ1) is 23.4. The van der Waals surface area contributed by atoms with Crippen molar-refractivity contribution in [3.05, 3.63) is 46.6 Å². The van der Waals surface area contributed by atoms with Gasteiger partial charge in [0, 0.05) is 25.0 Å². The lowest BCUT2D eigenvalue weighted by atomic mass is 10.0. The second-order valence-electron chi connectivity index (χ2n) is 8.67. The SMILES string of the molecule is CCc1cc2c(cc1Nc1ncc(C(F)(F)F)c(-c3cc(SC)c(OC4CC4)s3)n1)CN(C)C2. The van der Waals surface area contributed by atoms with Crippen LogP contribution in [0.5, 0.6) is 5.06 Å². The molecule has 180 valence electrons. The maximum absolute atomic E-state index is 13.9. The molecule has 1 aromatic carbocycles. The van der Waals surface area contributed by atoms with Crippen molar-refractivity contribution >= 4 is 34.7 Å². The molecule has 0 amide bonds. The molecule has 0 atom stereocenters. The van der Waals surface area contributed by atoms with E-state index in [2.05, 4.69) is 46.3 Å². The van der Waals surface area contributed by atoms with E-state index < -0.39 is 11.7 Å². The number of halogens is 3. The Morgan fingerprint density at radius 3 is 2.59 bits per heavy atom. The van der Waals surface area contributed by atoms with Gasteiger partial charge in [-0.1, -0.05) is 24.3 Å². The molecule has 1 fully saturated rings. The van der Waals surface area contributed by atoms with E-state index in [9.17, 15) is 13.2 Å². The van der Waals surface area contributed by atoms with Crippen molar-refractivity contribution in [2.75, 3.05) is 18.6 Å². The number of ether oxygens (including phenoxy) is 1. The minimum Gasteiger partial charge on any atom is -0.480 e. The molecule has 5 nitrogen and oxygen atoms in total. The number of hydrogen-bond acceptors (Lipinski definition) is 7. The molecule has 0 radical (unpaired) electrons. The van der Waals surface area contributed by atoms with Crippen molar-refractivity contribution in [2.45, 2.75) is 56.5 Å². The summed E-state index contributed by atoms with van der Waals surface area (Å²) in [7, 11) is 2.06. The van der Waals surface area contributed by atoms with Gasteiger partial charge < -0.3 is 10.1 Å². The predicted octanol–water partition coefficient (Wildman–Crippen LogP) is 6.74. The Balaban J connectivity index is 1.53. The summed E-state index contributed by atoms with van der Waals surface area (Å²) in [6.07, 6.45) is 1.10. The summed E-state index contributed by atoms with van der Waals surface area (Å²) in [4.78, 5) is 11.9. The van der Waals surface area contributed by atoms with Gasteiger partial charge in [-0.25, -0.2) is 9.97 Å². The Kier molecular flexibility index (Phi) is 6.24. The highest BCUT2D eigenvalue weighted by atomic mass is 32.2. The molecule has 0 unspecified atom stereocenters. The highest BCUT2D eigenvalue weighted by Gasteiger charge is 2.36. The fourth-order valence-corrected chi connectivity index (χ4v) is 5.95. The van der Waals surface area contributed by atoms with Gasteiger partial charge in [-0.3, -0.25) is 4.90 Å². The number of benzene rings is 1. The summed E-state index contributed by atoms with van der Waals surface area (Å²) in [5.41, 5.74) is 3.42. The number of alkyl halides is 3. The van der Waals surface area contributed by atoms with Gasteiger partial charge in [0.05, 0.1) is 15.5 Å². The number of rotatable bonds is 7. The van der Waals surface area contributed by atoms with E-state index in [0.717, 1.165) is 54.7 Å². The molecule has 1 aliphatic heterocycles. The molecule has 3 heterocycles. The van der Waals surface area contributed by atoms with Crippen LogP contribution in [0, 0.1) is 0 Å². The van der Waals surface area contributed by atoms with Gasteiger partial charge in [0.1, 0.15) is 11.7 Å². The Hall–Kier alpha value is -2.30. The number of aryl methyl sites for hydroxylation is 1. The summed E-state index contributed by atoms with van der Waals surface area (Å²) in [6.45, 7) is 3.79. The van der Waals surface area contributed by atoms with Crippen LogP contribution in [0.4, 0.5) is 24.8 Å². The fraction of sp³-hybridized carbons (Fsp3) is 0.417. The van der Waals surface area contributed by atoms with Crippen molar-refractivity contribution in [1.82, 2.24) is 14.9 Å². The molecule has 0 bridgehead atoms. The van der Waals surface area contributed by atoms with E-state index in [1.165, 1.54) is 34.2 Å². The standard InChI is InChI=1S/C24H25F3N4OS2/c1-4-13-7-14-11-31(2)12-15(14)8-18(13)29-23-28-10-17(24(25,26)27)21(30-23)19-9-20(33-3)22(34-19)32-16-5-6-16/h7-10,16H,4-6,11-12H2,1-3H3,(H,28,29,30). The average molecular weight is 507 g/mol. The maximum atomic E-state index is 13.9. The number of thioether (sulfide) groups is 1. The molecule has 2 aromatic heterocycles. The molecule has 34 heavy (non-hydrogen) atoms. The number of thiophene rings is 1. The predicted molar refractivity (Wildman–Crippen MR) is 130 cm³/mol. The molecular weight excluding hydrogens is 481 g/mol. The van der Waals surface area contributed by atoms with Crippen LogP contribution in [0.25, 0.3) is 10.6 Å². The zero-order valence-electron chi connectivity index (χ0n) is 19.1. The number of nitrogens with one attached hydrogen (secondary N) is 1. The van der Waals surface area contributed by atoms with Crippen LogP contribution >= 0.6 is 23.1 Å². The molecule has 10 heteroatoms. The summed E-state index contributed by atoms with van der Waals surface area (Å²) in [5, 5.41) is 3.85. The van der Waals surface area contributed by atoms with Crippen LogP contribution in [-0.4, -0.2) is 34.3 Å². The highest BCUT2D eigenvalue weighted by molar-refractivity contribution is 7.98. The molecular formula is C24H25F3N4OS2. The van der Waals surface area contributed by atoms with E-state index >= 15 is 0 Å². The van der Waals surface area contributed by atoms with Crippen LogP contribution in [0.15, 0.2) is 29.3 Å².